The first-order valence-corrected chi connectivity index (χ1v) is 8.03. The van der Waals surface area contributed by atoms with Gasteiger partial charge in [-0.15, -0.1) is 10.2 Å². The number of aromatic nitrogens is 5. The number of carbonyl (C=O) groups is 1. The summed E-state index contributed by atoms with van der Waals surface area (Å²) < 4.78 is 2.31. The molecule has 2 amide bonds. The Labute approximate surface area is 139 Å². The van der Waals surface area contributed by atoms with E-state index in [1.807, 2.05) is 11.0 Å². The maximum atomic E-state index is 12.5. The van der Waals surface area contributed by atoms with Gasteiger partial charge < -0.3 is 14.8 Å². The van der Waals surface area contributed by atoms with Crippen LogP contribution in [0.1, 0.15) is 17.9 Å². The van der Waals surface area contributed by atoms with Gasteiger partial charge in [0.05, 0.1) is 20.1 Å². The molecule has 0 radical (unpaired) electrons. The molecule has 124 valence electrons. The molecule has 24 heavy (non-hydrogen) atoms. The van der Waals surface area contributed by atoms with Crippen molar-refractivity contribution in [1.29, 1.82) is 0 Å². The van der Waals surface area contributed by atoms with E-state index < -0.39 is 0 Å². The van der Waals surface area contributed by atoms with Gasteiger partial charge in [-0.2, -0.15) is 4.80 Å². The standard InChI is InChI=1S/C16H19N7O/c1-21-19-15(18-20-21)10-17-16(24)22-7-4-8-23-13(11-22)9-12-5-2-3-6-14(12)23/h2-3,5-6,9H,4,7-8,10-11H2,1H3,(H,17,24). The lowest BCUT2D eigenvalue weighted by atomic mass is 10.2. The summed E-state index contributed by atoms with van der Waals surface area (Å²) in [6.07, 6.45) is 0.933. The minimum atomic E-state index is -0.0961. The van der Waals surface area contributed by atoms with E-state index in [2.05, 4.69) is 49.6 Å². The van der Waals surface area contributed by atoms with Crippen LogP contribution in [0.25, 0.3) is 10.9 Å². The van der Waals surface area contributed by atoms with Crippen molar-refractivity contribution < 1.29 is 4.79 Å². The monoisotopic (exact) mass is 325 g/mol. The Morgan fingerprint density at radius 3 is 3.00 bits per heavy atom. The number of nitrogens with zero attached hydrogens (tertiary/aromatic N) is 6. The number of hydrogen-bond donors (Lipinski definition) is 1. The number of rotatable bonds is 2. The van der Waals surface area contributed by atoms with Crippen LogP contribution in [0.4, 0.5) is 4.79 Å². The van der Waals surface area contributed by atoms with Gasteiger partial charge in [0.2, 0.25) is 0 Å². The molecule has 1 N–H and O–H groups in total. The average Bonchev–Trinajstić information content (AvgIpc) is 3.09. The number of benzene rings is 1. The van der Waals surface area contributed by atoms with Crippen LogP contribution in [0.2, 0.25) is 0 Å². The van der Waals surface area contributed by atoms with E-state index >= 15 is 0 Å². The molecule has 3 heterocycles. The fourth-order valence-electron chi connectivity index (χ4n) is 3.19. The number of fused-ring (bicyclic) bond motifs is 3. The molecule has 0 spiro atoms. The Kier molecular flexibility index (Phi) is 3.64. The van der Waals surface area contributed by atoms with Gasteiger partial charge in [0.15, 0.2) is 5.82 Å². The highest BCUT2D eigenvalue weighted by molar-refractivity contribution is 5.81. The molecule has 1 aromatic carbocycles. The van der Waals surface area contributed by atoms with Crippen LogP contribution in [-0.4, -0.2) is 42.3 Å². The van der Waals surface area contributed by atoms with Crippen LogP contribution >= 0.6 is 0 Å². The Balaban J connectivity index is 1.49. The van der Waals surface area contributed by atoms with Crippen LogP contribution in [0.3, 0.4) is 0 Å². The smallest absolute Gasteiger partial charge is 0.318 e. The zero-order chi connectivity index (χ0) is 16.5. The minimum Gasteiger partial charge on any atom is -0.343 e. The largest absolute Gasteiger partial charge is 0.343 e. The fourth-order valence-corrected chi connectivity index (χ4v) is 3.19. The molecule has 0 bridgehead atoms. The first kappa shape index (κ1) is 14.7. The highest BCUT2D eigenvalue weighted by Gasteiger charge is 2.20. The Morgan fingerprint density at radius 2 is 2.17 bits per heavy atom. The number of hydrogen-bond acceptors (Lipinski definition) is 4. The molecule has 0 aliphatic carbocycles. The van der Waals surface area contributed by atoms with Crippen molar-refractivity contribution in [3.05, 3.63) is 41.9 Å². The van der Waals surface area contributed by atoms with Gasteiger partial charge in [-0.25, -0.2) is 4.79 Å². The van der Waals surface area contributed by atoms with E-state index in [1.54, 1.807) is 7.05 Å². The first-order valence-electron chi connectivity index (χ1n) is 8.03. The quantitative estimate of drug-likeness (QED) is 0.769. The van der Waals surface area contributed by atoms with Gasteiger partial charge in [-0.05, 0) is 29.2 Å². The van der Waals surface area contributed by atoms with E-state index in [-0.39, 0.29) is 12.6 Å². The number of aryl methyl sites for hydroxylation is 2. The third-order valence-corrected chi connectivity index (χ3v) is 4.29. The van der Waals surface area contributed by atoms with E-state index in [0.717, 1.165) is 19.5 Å². The third-order valence-electron chi connectivity index (χ3n) is 4.29. The Bertz CT molecular complexity index is 882. The summed E-state index contributed by atoms with van der Waals surface area (Å²) >= 11 is 0. The SMILES string of the molecule is Cn1nnc(CNC(=O)N2CCCn3c(cc4ccccc43)C2)n1. The minimum absolute atomic E-state index is 0.0961. The number of para-hydroxylation sites is 1. The molecule has 0 fully saturated rings. The van der Waals surface area contributed by atoms with Crippen LogP contribution in [0, 0.1) is 0 Å². The van der Waals surface area contributed by atoms with Gasteiger partial charge in [0.1, 0.15) is 0 Å². The van der Waals surface area contributed by atoms with Crippen LogP contribution in [0.5, 0.6) is 0 Å². The first-order chi connectivity index (χ1) is 11.7. The van der Waals surface area contributed by atoms with Gasteiger partial charge in [-0.1, -0.05) is 18.2 Å². The summed E-state index contributed by atoms with van der Waals surface area (Å²) in [6, 6.07) is 10.4. The third kappa shape index (κ3) is 2.70. The van der Waals surface area contributed by atoms with Gasteiger partial charge >= 0.3 is 6.03 Å². The van der Waals surface area contributed by atoms with Gasteiger partial charge in [0.25, 0.3) is 0 Å². The summed E-state index contributed by atoms with van der Waals surface area (Å²) in [5.74, 6) is 0.509. The van der Waals surface area contributed by atoms with Gasteiger partial charge in [-0.3, -0.25) is 0 Å². The van der Waals surface area contributed by atoms with Crippen LogP contribution in [0.15, 0.2) is 30.3 Å². The van der Waals surface area contributed by atoms with Crippen molar-refractivity contribution in [3.63, 3.8) is 0 Å². The summed E-state index contributed by atoms with van der Waals surface area (Å²) in [4.78, 5) is 15.7. The summed E-state index contributed by atoms with van der Waals surface area (Å²) in [7, 11) is 1.70. The van der Waals surface area contributed by atoms with E-state index in [0.29, 0.717) is 12.4 Å². The normalized spacial score (nSPS) is 14.5. The molecule has 2 aromatic heterocycles. The van der Waals surface area contributed by atoms with Crippen LogP contribution in [-0.2, 0) is 26.7 Å². The lowest BCUT2D eigenvalue weighted by Crippen LogP contribution is -2.39. The molecule has 1 aliphatic rings. The zero-order valence-electron chi connectivity index (χ0n) is 13.5. The lowest BCUT2D eigenvalue weighted by Gasteiger charge is -2.20. The maximum Gasteiger partial charge on any atom is 0.318 e. The molecule has 0 saturated carbocycles. The van der Waals surface area contributed by atoms with Crippen LogP contribution < -0.4 is 5.32 Å². The second-order valence-corrected chi connectivity index (χ2v) is 5.98. The second kappa shape index (κ2) is 5.95. The molecular formula is C16H19N7O. The Hall–Kier alpha value is -2.90. The predicted octanol–water partition coefficient (Wildman–Crippen LogP) is 1.28. The zero-order valence-corrected chi connectivity index (χ0v) is 13.5. The molecule has 0 saturated heterocycles. The average molecular weight is 325 g/mol. The summed E-state index contributed by atoms with van der Waals surface area (Å²) in [6.45, 7) is 2.55. The van der Waals surface area contributed by atoms with Crippen molar-refractivity contribution in [2.24, 2.45) is 7.05 Å². The molecule has 8 heteroatoms. The number of carbonyl (C=O) groups excluding carboxylic acids is 1. The van der Waals surface area contributed by atoms with E-state index in [4.69, 9.17) is 0 Å². The molecule has 0 unspecified atom stereocenters. The fraction of sp³-hybridized carbons (Fsp3) is 0.375. The molecule has 0 atom stereocenters. The number of amides is 2. The van der Waals surface area contributed by atoms with Crippen molar-refractivity contribution in [2.75, 3.05) is 6.54 Å². The topological polar surface area (TPSA) is 80.9 Å². The van der Waals surface area contributed by atoms with Crippen molar-refractivity contribution in [2.45, 2.75) is 26.1 Å². The van der Waals surface area contributed by atoms with E-state index in [1.165, 1.54) is 21.4 Å². The number of tetrazole rings is 1. The second-order valence-electron chi connectivity index (χ2n) is 5.98. The van der Waals surface area contributed by atoms with Crippen molar-refractivity contribution >= 4 is 16.9 Å². The summed E-state index contributed by atoms with van der Waals surface area (Å²) in [5, 5.41) is 15.8. The van der Waals surface area contributed by atoms with Crippen molar-refractivity contribution in [3.8, 4) is 0 Å². The number of nitrogens with one attached hydrogen (secondary N) is 1. The summed E-state index contributed by atoms with van der Waals surface area (Å²) in [5.41, 5.74) is 2.40. The van der Waals surface area contributed by atoms with E-state index in [9.17, 15) is 4.79 Å². The maximum absolute atomic E-state index is 12.5. The predicted molar refractivity (Wildman–Crippen MR) is 88.0 cm³/mol. The Morgan fingerprint density at radius 1 is 1.29 bits per heavy atom. The number of urea groups is 1. The highest BCUT2D eigenvalue weighted by atomic mass is 16.2. The molecule has 8 nitrogen and oxygen atoms in total. The van der Waals surface area contributed by atoms with Crippen molar-refractivity contribution in [1.82, 2.24) is 35.0 Å². The highest BCUT2D eigenvalue weighted by Crippen LogP contribution is 2.23. The molecule has 3 aromatic rings. The molecule has 1 aliphatic heterocycles. The molecular weight excluding hydrogens is 306 g/mol. The van der Waals surface area contributed by atoms with Gasteiger partial charge in [0, 0.05) is 24.3 Å². The molecule has 4 rings (SSSR count). The lowest BCUT2D eigenvalue weighted by molar-refractivity contribution is 0.195.